The summed E-state index contributed by atoms with van der Waals surface area (Å²) in [5.74, 6) is 0.616. The molecule has 0 spiro atoms. The Morgan fingerprint density at radius 3 is 3.06 bits per heavy atom. The number of thiazole rings is 1. The van der Waals surface area contributed by atoms with E-state index in [2.05, 4.69) is 9.97 Å². The maximum atomic E-state index is 6.12. The highest BCUT2D eigenvalue weighted by atomic mass is 32.1. The number of nitrogens with two attached hydrogens (primary N) is 1. The van der Waals surface area contributed by atoms with E-state index in [0.29, 0.717) is 5.88 Å². The van der Waals surface area contributed by atoms with Crippen LogP contribution in [0.3, 0.4) is 0 Å². The van der Waals surface area contributed by atoms with Crippen molar-refractivity contribution in [2.45, 2.75) is 25.3 Å². The van der Waals surface area contributed by atoms with E-state index < -0.39 is 0 Å². The summed E-state index contributed by atoms with van der Waals surface area (Å²) >= 11 is 1.66. The van der Waals surface area contributed by atoms with Crippen LogP contribution in [0, 0.1) is 0 Å². The number of fused-ring (bicyclic) bond motifs is 1. The number of aromatic nitrogens is 2. The monoisotopic (exact) mass is 261 g/mol. The third kappa shape index (κ3) is 2.00. The summed E-state index contributed by atoms with van der Waals surface area (Å²) in [6.45, 7) is 0. The van der Waals surface area contributed by atoms with Gasteiger partial charge < -0.3 is 10.5 Å². The van der Waals surface area contributed by atoms with Crippen LogP contribution in [0.4, 0.5) is 0 Å². The van der Waals surface area contributed by atoms with E-state index in [9.17, 15) is 0 Å². The largest absolute Gasteiger partial charge is 0.481 e. The number of rotatable bonds is 2. The molecule has 3 rings (SSSR count). The molecule has 2 aromatic heterocycles. The van der Waals surface area contributed by atoms with Crippen molar-refractivity contribution >= 4 is 11.3 Å². The molecule has 4 nitrogen and oxygen atoms in total. The molecule has 1 atom stereocenters. The summed E-state index contributed by atoms with van der Waals surface area (Å²) in [5.41, 5.74) is 8.13. The van der Waals surface area contributed by atoms with Gasteiger partial charge in [0.25, 0.3) is 0 Å². The summed E-state index contributed by atoms with van der Waals surface area (Å²) < 4.78 is 5.14. The lowest BCUT2D eigenvalue weighted by Gasteiger charge is -2.15. The summed E-state index contributed by atoms with van der Waals surface area (Å²) in [6, 6.07) is 5.87. The first-order valence-corrected chi connectivity index (χ1v) is 6.86. The highest BCUT2D eigenvalue weighted by Crippen LogP contribution is 2.36. The zero-order valence-corrected chi connectivity index (χ0v) is 11.0. The maximum absolute atomic E-state index is 6.12. The maximum Gasteiger partial charge on any atom is 0.213 e. The summed E-state index contributed by atoms with van der Waals surface area (Å²) in [5, 5.41) is 0.941. The average Bonchev–Trinajstić information content (AvgIpc) is 2.84. The molecule has 94 valence electrons. The molecule has 0 saturated heterocycles. The molecular formula is C13H15N3OS. The van der Waals surface area contributed by atoms with E-state index in [1.165, 1.54) is 4.88 Å². The van der Waals surface area contributed by atoms with Crippen molar-refractivity contribution in [1.82, 2.24) is 9.97 Å². The van der Waals surface area contributed by atoms with Crippen LogP contribution in [-0.4, -0.2) is 17.1 Å². The second kappa shape index (κ2) is 4.66. The van der Waals surface area contributed by atoms with Crippen LogP contribution in [0.25, 0.3) is 10.7 Å². The van der Waals surface area contributed by atoms with Crippen molar-refractivity contribution in [3.8, 4) is 16.6 Å². The van der Waals surface area contributed by atoms with Crippen molar-refractivity contribution in [3.05, 3.63) is 28.8 Å². The smallest absolute Gasteiger partial charge is 0.213 e. The van der Waals surface area contributed by atoms with Crippen molar-refractivity contribution in [2.75, 3.05) is 7.11 Å². The molecule has 0 aromatic carbocycles. The zero-order valence-electron chi connectivity index (χ0n) is 10.2. The molecule has 18 heavy (non-hydrogen) atoms. The molecule has 1 aliphatic rings. The van der Waals surface area contributed by atoms with Gasteiger partial charge in [0.15, 0.2) is 0 Å². The Hall–Kier alpha value is -1.46. The predicted octanol–water partition coefficient (Wildman–Crippen LogP) is 2.55. The van der Waals surface area contributed by atoms with Gasteiger partial charge in [-0.15, -0.1) is 11.3 Å². The van der Waals surface area contributed by atoms with Crippen molar-refractivity contribution in [1.29, 1.82) is 0 Å². The predicted molar refractivity (Wildman–Crippen MR) is 71.8 cm³/mol. The molecule has 1 aliphatic carbocycles. The molecule has 2 aromatic rings. The third-order valence-electron chi connectivity index (χ3n) is 3.14. The van der Waals surface area contributed by atoms with Crippen LogP contribution in [0.1, 0.15) is 29.5 Å². The Morgan fingerprint density at radius 1 is 1.39 bits per heavy atom. The van der Waals surface area contributed by atoms with Gasteiger partial charge in [-0.05, 0) is 25.3 Å². The highest BCUT2D eigenvalue weighted by Gasteiger charge is 2.22. The van der Waals surface area contributed by atoms with Gasteiger partial charge in [0.05, 0.1) is 12.8 Å². The highest BCUT2D eigenvalue weighted by molar-refractivity contribution is 7.15. The van der Waals surface area contributed by atoms with E-state index in [4.69, 9.17) is 10.5 Å². The molecule has 5 heteroatoms. The van der Waals surface area contributed by atoms with Gasteiger partial charge in [-0.3, -0.25) is 0 Å². The fourth-order valence-electron chi connectivity index (χ4n) is 2.21. The summed E-state index contributed by atoms with van der Waals surface area (Å²) in [4.78, 5) is 10.3. The van der Waals surface area contributed by atoms with Gasteiger partial charge in [-0.2, -0.15) is 0 Å². The quantitative estimate of drug-likeness (QED) is 0.902. The molecule has 0 saturated carbocycles. The van der Waals surface area contributed by atoms with Crippen LogP contribution in [0.15, 0.2) is 18.2 Å². The first-order valence-electron chi connectivity index (χ1n) is 6.04. The Labute approximate surface area is 110 Å². The Kier molecular flexibility index (Phi) is 3.01. The topological polar surface area (TPSA) is 61.0 Å². The van der Waals surface area contributed by atoms with Crippen LogP contribution in [0.2, 0.25) is 0 Å². The number of nitrogens with zero attached hydrogens (tertiary/aromatic N) is 2. The number of ether oxygens (including phenoxy) is 1. The average molecular weight is 261 g/mol. The van der Waals surface area contributed by atoms with Crippen LogP contribution in [-0.2, 0) is 6.42 Å². The number of aryl methyl sites for hydroxylation is 1. The second-order valence-electron chi connectivity index (χ2n) is 4.39. The molecule has 0 fully saturated rings. The van der Waals surface area contributed by atoms with E-state index in [-0.39, 0.29) is 6.04 Å². The molecule has 2 heterocycles. The molecule has 0 amide bonds. The van der Waals surface area contributed by atoms with Crippen molar-refractivity contribution in [3.63, 3.8) is 0 Å². The lowest BCUT2D eigenvalue weighted by atomic mass is 9.99. The van der Waals surface area contributed by atoms with Crippen LogP contribution < -0.4 is 10.5 Å². The lowest BCUT2D eigenvalue weighted by molar-refractivity contribution is 0.398. The Morgan fingerprint density at radius 2 is 2.28 bits per heavy atom. The summed E-state index contributed by atoms with van der Waals surface area (Å²) in [6.07, 6.45) is 3.21. The van der Waals surface area contributed by atoms with Gasteiger partial charge in [-0.1, -0.05) is 6.07 Å². The third-order valence-corrected chi connectivity index (χ3v) is 4.40. The van der Waals surface area contributed by atoms with E-state index >= 15 is 0 Å². The number of methoxy groups -OCH3 is 1. The fourth-order valence-corrected chi connectivity index (χ4v) is 3.33. The van der Waals surface area contributed by atoms with Crippen LogP contribution in [0.5, 0.6) is 5.88 Å². The SMILES string of the molecule is COc1cccc(-c2nc3c(s2)C(N)CCC3)n1. The molecule has 0 bridgehead atoms. The minimum absolute atomic E-state index is 0.144. The van der Waals surface area contributed by atoms with Gasteiger partial charge in [0.2, 0.25) is 5.88 Å². The molecule has 0 aliphatic heterocycles. The molecular weight excluding hydrogens is 246 g/mol. The molecule has 0 radical (unpaired) electrons. The second-order valence-corrected chi connectivity index (χ2v) is 5.42. The molecule has 2 N–H and O–H groups in total. The molecule has 1 unspecified atom stereocenters. The first kappa shape index (κ1) is 11.6. The Bertz CT molecular complexity index is 567. The standard InChI is InChI=1S/C13H15N3OS/c1-17-11-7-3-6-10(15-11)13-16-9-5-2-4-8(14)12(9)18-13/h3,6-8H,2,4-5,14H2,1H3. The minimum Gasteiger partial charge on any atom is -0.481 e. The fraction of sp³-hybridized carbons (Fsp3) is 0.385. The number of hydrogen-bond acceptors (Lipinski definition) is 5. The number of hydrogen-bond donors (Lipinski definition) is 1. The first-order chi connectivity index (χ1) is 8.78. The van der Waals surface area contributed by atoms with Crippen molar-refractivity contribution < 1.29 is 4.74 Å². The normalized spacial score (nSPS) is 18.4. The Balaban J connectivity index is 2.01. The van der Waals surface area contributed by atoms with Gasteiger partial charge in [0.1, 0.15) is 10.7 Å². The summed E-state index contributed by atoms with van der Waals surface area (Å²) in [7, 11) is 1.62. The van der Waals surface area contributed by atoms with Crippen LogP contribution >= 0.6 is 11.3 Å². The number of pyridine rings is 1. The minimum atomic E-state index is 0.144. The van der Waals surface area contributed by atoms with Crippen molar-refractivity contribution in [2.24, 2.45) is 5.73 Å². The van der Waals surface area contributed by atoms with Gasteiger partial charge >= 0.3 is 0 Å². The van der Waals surface area contributed by atoms with Gasteiger partial charge in [0, 0.05) is 17.0 Å². The van der Waals surface area contributed by atoms with E-state index in [1.54, 1.807) is 18.4 Å². The van der Waals surface area contributed by atoms with Gasteiger partial charge in [-0.25, -0.2) is 9.97 Å². The zero-order chi connectivity index (χ0) is 12.5. The van der Waals surface area contributed by atoms with E-state index in [0.717, 1.165) is 35.7 Å². The van der Waals surface area contributed by atoms with E-state index in [1.807, 2.05) is 18.2 Å². The lowest BCUT2D eigenvalue weighted by Crippen LogP contribution is -2.15.